The molecule has 3 heteroatoms. The zero-order chi connectivity index (χ0) is 18.8. The van der Waals surface area contributed by atoms with E-state index in [2.05, 4.69) is 37.3 Å². The van der Waals surface area contributed by atoms with Gasteiger partial charge in [-0.3, -0.25) is 4.79 Å². The average Bonchev–Trinajstić information content (AvgIpc) is 2.70. The molecule has 0 bridgehead atoms. The lowest BCUT2D eigenvalue weighted by Crippen LogP contribution is -2.31. The highest BCUT2D eigenvalue weighted by Gasteiger charge is 2.34. The van der Waals surface area contributed by atoms with Gasteiger partial charge in [0.15, 0.2) is 0 Å². The Morgan fingerprint density at radius 3 is 2.38 bits per heavy atom. The fourth-order valence-corrected chi connectivity index (χ4v) is 3.88. The third-order valence-electron chi connectivity index (χ3n) is 5.34. The minimum atomic E-state index is -0.177. The van der Waals surface area contributed by atoms with Crippen molar-refractivity contribution in [3.05, 3.63) is 59.2 Å². The molecule has 0 radical (unpaired) electrons. The largest absolute Gasteiger partial charge is 0.344 e. The quantitative estimate of drug-likeness (QED) is 0.717. The van der Waals surface area contributed by atoms with Gasteiger partial charge in [0.1, 0.15) is 6.29 Å². The number of rotatable bonds is 5. The summed E-state index contributed by atoms with van der Waals surface area (Å²) in [5, 5.41) is 0. The van der Waals surface area contributed by atoms with E-state index in [1.807, 2.05) is 12.1 Å². The summed E-state index contributed by atoms with van der Waals surface area (Å²) in [4.78, 5) is 23.3. The lowest BCUT2D eigenvalue weighted by Gasteiger charge is -2.33. The van der Waals surface area contributed by atoms with Gasteiger partial charge in [0.2, 0.25) is 6.41 Å². The van der Waals surface area contributed by atoms with E-state index in [1.165, 1.54) is 42.2 Å². The van der Waals surface area contributed by atoms with Crippen molar-refractivity contribution >= 4 is 12.7 Å². The van der Waals surface area contributed by atoms with Crippen LogP contribution in [0.15, 0.2) is 48.1 Å². The summed E-state index contributed by atoms with van der Waals surface area (Å²) in [5.74, 6) is 0. The highest BCUT2D eigenvalue weighted by atomic mass is 16.1. The van der Waals surface area contributed by atoms with Crippen LogP contribution in [0.4, 0.5) is 0 Å². The molecule has 2 aliphatic rings. The highest BCUT2D eigenvalue weighted by Crippen LogP contribution is 2.38. The Morgan fingerprint density at radius 1 is 1.08 bits per heavy atom. The molecule has 0 atom stereocenters. The van der Waals surface area contributed by atoms with E-state index in [9.17, 15) is 9.59 Å². The van der Waals surface area contributed by atoms with Gasteiger partial charge in [0.25, 0.3) is 0 Å². The molecule has 3 nitrogen and oxygen atoms in total. The van der Waals surface area contributed by atoms with Gasteiger partial charge in [-0.2, -0.15) is 0 Å². The first-order chi connectivity index (χ1) is 12.6. The summed E-state index contributed by atoms with van der Waals surface area (Å²) in [6.45, 7) is 2.84. The summed E-state index contributed by atoms with van der Waals surface area (Å²) in [6, 6.07) is 8.31. The molecule has 0 saturated heterocycles. The number of likely N-dealkylation sites (N-methyl/N-ethyl adjacent to an activating group) is 1. The second-order valence-corrected chi connectivity index (χ2v) is 7.43. The van der Waals surface area contributed by atoms with Crippen LogP contribution in [-0.2, 0) is 15.0 Å². The van der Waals surface area contributed by atoms with Crippen molar-refractivity contribution in [3.63, 3.8) is 0 Å². The van der Waals surface area contributed by atoms with Crippen molar-refractivity contribution in [1.82, 2.24) is 4.90 Å². The van der Waals surface area contributed by atoms with Crippen LogP contribution in [0.5, 0.6) is 0 Å². The Hall–Kier alpha value is -2.16. The van der Waals surface area contributed by atoms with Gasteiger partial charge in [-0.1, -0.05) is 61.8 Å². The summed E-state index contributed by atoms with van der Waals surface area (Å²) in [5.41, 5.74) is 3.57. The minimum absolute atomic E-state index is 0.177. The second kappa shape index (κ2) is 10.1. The zero-order valence-electron chi connectivity index (χ0n) is 16.1. The normalized spacial score (nSPS) is 18.2. The lowest BCUT2D eigenvalue weighted by atomic mass is 9.69. The van der Waals surface area contributed by atoms with Gasteiger partial charge in [-0.15, -0.1) is 0 Å². The van der Waals surface area contributed by atoms with Crippen molar-refractivity contribution in [2.24, 2.45) is 0 Å². The molecule has 0 heterocycles. The van der Waals surface area contributed by atoms with Crippen LogP contribution in [0.1, 0.15) is 56.1 Å². The van der Waals surface area contributed by atoms with Crippen molar-refractivity contribution < 1.29 is 9.59 Å². The second-order valence-electron chi connectivity index (χ2n) is 7.43. The number of amides is 1. The third-order valence-corrected chi connectivity index (χ3v) is 5.34. The number of hydrogen-bond acceptors (Lipinski definition) is 2. The number of hydrogen-bond donors (Lipinski definition) is 0. The van der Waals surface area contributed by atoms with E-state index in [-0.39, 0.29) is 5.41 Å². The molecule has 1 aromatic rings. The maximum Gasteiger partial charge on any atom is 0.209 e. The van der Waals surface area contributed by atoms with Crippen LogP contribution >= 0.6 is 0 Å². The fourth-order valence-electron chi connectivity index (χ4n) is 3.88. The standard InChI is InChI=1S/C14H18O.C9H13NO/c1-12-7-3-4-8-13(12)14(11-15)9-5-2-6-10-14;1-10(8-11)7-9-5-3-2-4-6-9/h3-4,7-8,11H,2,5-6,9-10H2,1H3;3,5-6,8H,2,4,7H2,1H3. The molecule has 0 aliphatic heterocycles. The summed E-state index contributed by atoms with van der Waals surface area (Å²) >= 11 is 0. The molecule has 1 fully saturated rings. The van der Waals surface area contributed by atoms with Gasteiger partial charge in [-0.25, -0.2) is 0 Å². The summed E-state index contributed by atoms with van der Waals surface area (Å²) < 4.78 is 0. The Morgan fingerprint density at radius 2 is 1.81 bits per heavy atom. The number of allylic oxidation sites excluding steroid dienone is 2. The molecule has 0 N–H and O–H groups in total. The maximum absolute atomic E-state index is 11.4. The van der Waals surface area contributed by atoms with Crippen LogP contribution < -0.4 is 0 Å². The number of carbonyl (C=O) groups is 2. The number of benzene rings is 1. The van der Waals surface area contributed by atoms with E-state index in [1.54, 1.807) is 11.9 Å². The first-order valence-corrected chi connectivity index (χ1v) is 9.65. The number of carbonyl (C=O) groups excluding carboxylic acids is 2. The van der Waals surface area contributed by atoms with Gasteiger partial charge < -0.3 is 9.69 Å². The van der Waals surface area contributed by atoms with Crippen LogP contribution in [0.2, 0.25) is 0 Å². The monoisotopic (exact) mass is 353 g/mol. The van der Waals surface area contributed by atoms with Gasteiger partial charge in [0.05, 0.1) is 5.41 Å². The molecule has 0 spiro atoms. The first-order valence-electron chi connectivity index (χ1n) is 9.65. The number of aryl methyl sites for hydroxylation is 1. The molecular formula is C23H31NO2. The van der Waals surface area contributed by atoms with Gasteiger partial charge in [-0.05, 0) is 49.3 Å². The van der Waals surface area contributed by atoms with Crippen molar-refractivity contribution in [2.45, 2.75) is 57.3 Å². The lowest BCUT2D eigenvalue weighted by molar-refractivity contribution is -0.116. The van der Waals surface area contributed by atoms with Gasteiger partial charge in [0, 0.05) is 13.6 Å². The molecule has 3 rings (SSSR count). The molecule has 1 aromatic carbocycles. The van der Waals surface area contributed by atoms with E-state index in [0.717, 1.165) is 38.6 Å². The van der Waals surface area contributed by atoms with Crippen molar-refractivity contribution in [2.75, 3.05) is 13.6 Å². The summed E-state index contributed by atoms with van der Waals surface area (Å²) in [6.07, 6.45) is 16.4. The van der Waals surface area contributed by atoms with Gasteiger partial charge >= 0.3 is 0 Å². The molecule has 1 saturated carbocycles. The van der Waals surface area contributed by atoms with E-state index < -0.39 is 0 Å². The number of aldehydes is 1. The fraction of sp³-hybridized carbons (Fsp3) is 0.478. The molecule has 0 aromatic heterocycles. The van der Waals surface area contributed by atoms with Crippen LogP contribution in [0.3, 0.4) is 0 Å². The zero-order valence-corrected chi connectivity index (χ0v) is 16.1. The average molecular weight is 354 g/mol. The Labute approximate surface area is 157 Å². The topological polar surface area (TPSA) is 37.4 Å². The SMILES string of the molecule is CN(C=O)CC1=CCCC=C1.Cc1ccccc1C1(C=O)CCCCC1. The smallest absolute Gasteiger partial charge is 0.209 e. The van der Waals surface area contributed by atoms with Crippen molar-refractivity contribution in [1.29, 1.82) is 0 Å². The molecule has 140 valence electrons. The van der Waals surface area contributed by atoms with Crippen LogP contribution in [0, 0.1) is 6.92 Å². The molecule has 0 unspecified atom stereocenters. The third kappa shape index (κ3) is 5.42. The molecule has 1 amide bonds. The first kappa shape index (κ1) is 20.2. The van der Waals surface area contributed by atoms with E-state index in [0.29, 0.717) is 0 Å². The highest BCUT2D eigenvalue weighted by molar-refractivity contribution is 5.69. The van der Waals surface area contributed by atoms with E-state index in [4.69, 9.17) is 0 Å². The molecule has 2 aliphatic carbocycles. The number of nitrogens with zero attached hydrogens (tertiary/aromatic N) is 1. The minimum Gasteiger partial charge on any atom is -0.344 e. The Kier molecular flexibility index (Phi) is 7.83. The van der Waals surface area contributed by atoms with Crippen molar-refractivity contribution in [3.8, 4) is 0 Å². The summed E-state index contributed by atoms with van der Waals surface area (Å²) in [7, 11) is 1.79. The Bertz CT molecular complexity index is 654. The maximum atomic E-state index is 11.4. The predicted molar refractivity (Wildman–Crippen MR) is 107 cm³/mol. The predicted octanol–water partition coefficient (Wildman–Crippen LogP) is 4.75. The molecular weight excluding hydrogens is 322 g/mol. The molecule has 26 heavy (non-hydrogen) atoms. The van der Waals surface area contributed by atoms with E-state index >= 15 is 0 Å². The van der Waals surface area contributed by atoms with Crippen LogP contribution in [-0.4, -0.2) is 31.2 Å². The Balaban J connectivity index is 0.000000197. The van der Waals surface area contributed by atoms with Crippen LogP contribution in [0.25, 0.3) is 0 Å².